The van der Waals surface area contributed by atoms with Crippen LogP contribution in [-0.2, 0) is 0 Å². The molecule has 0 bridgehead atoms. The molecule has 0 saturated carbocycles. The van der Waals surface area contributed by atoms with Crippen molar-refractivity contribution in [1.82, 2.24) is 4.57 Å². The van der Waals surface area contributed by atoms with Gasteiger partial charge in [-0.2, -0.15) is 9.13 Å². The van der Waals surface area contributed by atoms with Gasteiger partial charge in [-0.15, -0.1) is 0 Å². The SMILES string of the molecule is Cc1cc(C)c(-n2c[n+](-c3c(C)cc(C)cc3C)c3c2C(=O)c2ccccc2C3=O)c(C)c1.[Cl-]. The van der Waals surface area contributed by atoms with Gasteiger partial charge in [0, 0.05) is 11.1 Å². The van der Waals surface area contributed by atoms with Crippen LogP contribution in [-0.4, -0.2) is 16.1 Å². The largest absolute Gasteiger partial charge is 1.00 e. The molecule has 0 unspecified atom stereocenters. The Balaban J connectivity index is 0.00000274. The summed E-state index contributed by atoms with van der Waals surface area (Å²) in [6.45, 7) is 12.3. The third kappa shape index (κ3) is 3.41. The fourth-order valence-electron chi connectivity index (χ4n) is 5.47. The zero-order chi connectivity index (χ0) is 23.6. The van der Waals surface area contributed by atoms with Crippen LogP contribution in [0.2, 0.25) is 0 Å². The summed E-state index contributed by atoms with van der Waals surface area (Å²) in [5.74, 6) is -0.249. The van der Waals surface area contributed by atoms with Crippen LogP contribution < -0.4 is 17.0 Å². The first-order chi connectivity index (χ1) is 15.7. The Morgan fingerprint density at radius 1 is 0.676 bits per heavy atom. The van der Waals surface area contributed by atoms with E-state index >= 15 is 0 Å². The number of carbonyl (C=O) groups is 2. The Kier molecular flexibility index (Phi) is 5.82. The first-order valence-electron chi connectivity index (χ1n) is 11.2. The standard InChI is InChI=1S/C29H27N2O2.ClH/c1-16-11-18(3)24(19(4)12-16)30-15-31(25-20(5)13-17(2)14-21(25)6)27-26(30)28(32)22-9-7-8-10-23(22)29(27)33;/h7-15H,1-6H3;1H/q+1;/p-1. The summed E-state index contributed by atoms with van der Waals surface area (Å²) in [6, 6.07) is 15.6. The summed E-state index contributed by atoms with van der Waals surface area (Å²) >= 11 is 0. The van der Waals surface area contributed by atoms with Gasteiger partial charge in [0.2, 0.25) is 23.0 Å². The Morgan fingerprint density at radius 2 is 1.15 bits per heavy atom. The lowest BCUT2D eigenvalue weighted by Gasteiger charge is -2.15. The average molecular weight is 471 g/mol. The molecule has 0 N–H and O–H groups in total. The highest BCUT2D eigenvalue weighted by Crippen LogP contribution is 2.31. The summed E-state index contributed by atoms with van der Waals surface area (Å²) in [5, 5.41) is 0. The molecule has 0 aliphatic heterocycles. The second-order valence-corrected chi connectivity index (χ2v) is 9.25. The molecule has 4 aromatic rings. The Morgan fingerprint density at radius 3 is 1.68 bits per heavy atom. The number of imidazole rings is 1. The van der Waals surface area contributed by atoms with E-state index in [1.165, 1.54) is 11.1 Å². The summed E-state index contributed by atoms with van der Waals surface area (Å²) in [5.41, 5.74) is 10.2. The highest BCUT2D eigenvalue weighted by atomic mass is 35.5. The molecule has 1 aliphatic rings. The minimum Gasteiger partial charge on any atom is -1.00 e. The lowest BCUT2D eigenvalue weighted by atomic mass is 9.89. The summed E-state index contributed by atoms with van der Waals surface area (Å²) < 4.78 is 3.85. The molecule has 0 fully saturated rings. The molecule has 172 valence electrons. The quantitative estimate of drug-likeness (QED) is 0.372. The molecule has 0 amide bonds. The van der Waals surface area contributed by atoms with Crippen LogP contribution in [0.4, 0.5) is 0 Å². The van der Waals surface area contributed by atoms with Crippen LogP contribution in [0.1, 0.15) is 65.5 Å². The number of ketones is 2. The van der Waals surface area contributed by atoms with E-state index in [4.69, 9.17) is 0 Å². The van der Waals surface area contributed by atoms with E-state index < -0.39 is 0 Å². The average Bonchev–Trinajstić information content (AvgIpc) is 3.10. The lowest BCUT2D eigenvalue weighted by Crippen LogP contribution is -3.00. The first-order valence-corrected chi connectivity index (χ1v) is 11.2. The van der Waals surface area contributed by atoms with Gasteiger partial charge in [0.05, 0.1) is 0 Å². The molecule has 34 heavy (non-hydrogen) atoms. The van der Waals surface area contributed by atoms with E-state index in [-0.39, 0.29) is 24.0 Å². The minimum atomic E-state index is -0.124. The van der Waals surface area contributed by atoms with Gasteiger partial charge in [0.1, 0.15) is 11.4 Å². The fourth-order valence-corrected chi connectivity index (χ4v) is 5.47. The third-order valence-electron chi connectivity index (χ3n) is 6.54. The van der Waals surface area contributed by atoms with E-state index in [0.29, 0.717) is 22.5 Å². The Bertz CT molecular complexity index is 1350. The van der Waals surface area contributed by atoms with Crippen molar-refractivity contribution in [2.45, 2.75) is 41.5 Å². The van der Waals surface area contributed by atoms with E-state index in [0.717, 1.165) is 33.6 Å². The molecule has 0 saturated heterocycles. The second kappa shape index (κ2) is 8.37. The Hall–Kier alpha value is -3.50. The van der Waals surface area contributed by atoms with Gasteiger partial charge >= 0.3 is 0 Å². The van der Waals surface area contributed by atoms with Crippen molar-refractivity contribution >= 4 is 11.6 Å². The smallest absolute Gasteiger partial charge is 0.255 e. The van der Waals surface area contributed by atoms with Gasteiger partial charge < -0.3 is 12.4 Å². The number of halogens is 1. The van der Waals surface area contributed by atoms with Crippen LogP contribution in [0, 0.1) is 41.5 Å². The number of nitrogens with zero attached hydrogens (tertiary/aromatic N) is 2. The fraction of sp³-hybridized carbons (Fsp3) is 0.207. The number of aryl methyl sites for hydroxylation is 6. The van der Waals surface area contributed by atoms with Crippen LogP contribution in [0.15, 0.2) is 54.9 Å². The normalized spacial score (nSPS) is 12.3. The van der Waals surface area contributed by atoms with Crippen molar-refractivity contribution in [3.8, 4) is 11.4 Å². The molecular formula is C29H27ClN2O2. The molecule has 1 aliphatic carbocycles. The number of fused-ring (bicyclic) bond motifs is 2. The van der Waals surface area contributed by atoms with Crippen LogP contribution in [0.5, 0.6) is 0 Å². The predicted octanol–water partition coefficient (Wildman–Crippen LogP) is 2.38. The Labute approximate surface area is 206 Å². The van der Waals surface area contributed by atoms with Crippen LogP contribution in [0.3, 0.4) is 0 Å². The molecule has 0 atom stereocenters. The van der Waals surface area contributed by atoms with E-state index in [1.807, 2.05) is 27.6 Å². The number of carbonyl (C=O) groups excluding carboxylic acids is 2. The van der Waals surface area contributed by atoms with Crippen molar-refractivity contribution in [2.24, 2.45) is 0 Å². The first kappa shape index (κ1) is 23.7. The van der Waals surface area contributed by atoms with Crippen molar-refractivity contribution in [1.29, 1.82) is 0 Å². The molecule has 1 aromatic heterocycles. The number of hydrogen-bond acceptors (Lipinski definition) is 2. The molecule has 0 radical (unpaired) electrons. The highest BCUT2D eigenvalue weighted by Gasteiger charge is 2.43. The van der Waals surface area contributed by atoms with Crippen molar-refractivity contribution in [3.63, 3.8) is 0 Å². The topological polar surface area (TPSA) is 43.0 Å². The maximum atomic E-state index is 13.8. The number of hydrogen-bond donors (Lipinski definition) is 0. The van der Waals surface area contributed by atoms with Gasteiger partial charge in [0.25, 0.3) is 6.33 Å². The summed E-state index contributed by atoms with van der Waals surface area (Å²) in [4.78, 5) is 27.6. The summed E-state index contributed by atoms with van der Waals surface area (Å²) in [6.07, 6.45) is 1.92. The van der Waals surface area contributed by atoms with Gasteiger partial charge in [0.15, 0.2) is 0 Å². The van der Waals surface area contributed by atoms with Crippen LogP contribution >= 0.6 is 0 Å². The predicted molar refractivity (Wildman–Crippen MR) is 129 cm³/mol. The molecule has 5 rings (SSSR count). The van der Waals surface area contributed by atoms with Gasteiger partial charge in [-0.25, -0.2) is 0 Å². The van der Waals surface area contributed by atoms with Gasteiger partial charge in [-0.1, -0.05) is 59.7 Å². The number of benzene rings is 3. The zero-order valence-electron chi connectivity index (χ0n) is 20.3. The molecule has 0 spiro atoms. The van der Waals surface area contributed by atoms with E-state index in [2.05, 4.69) is 65.8 Å². The number of aromatic nitrogens is 2. The minimum absolute atomic E-state index is 0. The maximum Gasteiger partial charge on any atom is 0.255 e. The van der Waals surface area contributed by atoms with Crippen molar-refractivity contribution in [2.75, 3.05) is 0 Å². The van der Waals surface area contributed by atoms with E-state index in [1.54, 1.807) is 12.1 Å². The van der Waals surface area contributed by atoms with E-state index in [9.17, 15) is 9.59 Å². The van der Waals surface area contributed by atoms with Crippen molar-refractivity contribution < 1.29 is 26.6 Å². The second-order valence-electron chi connectivity index (χ2n) is 9.25. The third-order valence-corrected chi connectivity index (χ3v) is 6.54. The monoisotopic (exact) mass is 470 g/mol. The van der Waals surface area contributed by atoms with Crippen LogP contribution in [0.25, 0.3) is 11.4 Å². The maximum absolute atomic E-state index is 13.8. The summed E-state index contributed by atoms with van der Waals surface area (Å²) in [7, 11) is 0. The van der Waals surface area contributed by atoms with Gasteiger partial charge in [-0.3, -0.25) is 9.59 Å². The molecule has 5 heteroatoms. The zero-order valence-corrected chi connectivity index (χ0v) is 21.0. The highest BCUT2D eigenvalue weighted by molar-refractivity contribution is 6.26. The molecular weight excluding hydrogens is 444 g/mol. The lowest BCUT2D eigenvalue weighted by molar-refractivity contribution is -0.597. The number of rotatable bonds is 2. The van der Waals surface area contributed by atoms with Gasteiger partial charge in [-0.05, 0) is 63.8 Å². The molecule has 3 aromatic carbocycles. The van der Waals surface area contributed by atoms with Crippen molar-refractivity contribution in [3.05, 3.63) is 111 Å². The molecule has 1 heterocycles. The molecule has 4 nitrogen and oxygen atoms in total.